The minimum atomic E-state index is -1.02. The first kappa shape index (κ1) is 71.0. The number of nitrogens with one attached hydrogen (secondary N) is 6. The molecule has 8 amide bonds. The first-order valence-corrected chi connectivity index (χ1v) is 32.2. The van der Waals surface area contributed by atoms with Crippen LogP contribution in [0.5, 0.6) is 0 Å². The van der Waals surface area contributed by atoms with Crippen LogP contribution >= 0.6 is 0 Å². The van der Waals surface area contributed by atoms with E-state index in [1.54, 1.807) is 115 Å². The van der Waals surface area contributed by atoms with Gasteiger partial charge in [0.05, 0.1) is 36.5 Å². The van der Waals surface area contributed by atoms with E-state index in [0.29, 0.717) is 60.8 Å². The number of methoxy groups -OCH3 is 2. The van der Waals surface area contributed by atoms with Gasteiger partial charge in [-0.2, -0.15) is 0 Å². The summed E-state index contributed by atoms with van der Waals surface area (Å²) in [5.41, 5.74) is 6.03. The molecule has 22 nitrogen and oxygen atoms in total. The average molecular weight is 1340 g/mol. The lowest BCUT2D eigenvalue weighted by molar-refractivity contribution is -0.144. The number of hydrogen-bond donors (Lipinski definition) is 6. The van der Waals surface area contributed by atoms with Crippen molar-refractivity contribution in [3.05, 3.63) is 247 Å². The molecular formula is C74H76F2N8O14. The number of nitrogens with zero attached hydrogens (tertiary/aromatic N) is 2. The van der Waals surface area contributed by atoms with Gasteiger partial charge in [0.25, 0.3) is 35.4 Å². The van der Waals surface area contributed by atoms with Gasteiger partial charge >= 0.3 is 24.1 Å². The second-order valence-corrected chi connectivity index (χ2v) is 23.6. The van der Waals surface area contributed by atoms with Crippen LogP contribution in [-0.2, 0) is 80.8 Å². The molecule has 9 rings (SSSR count). The number of ether oxygens (including phenoxy) is 4. The number of benzene rings is 7. The smallest absolute Gasteiger partial charge is 0.408 e. The van der Waals surface area contributed by atoms with Crippen molar-refractivity contribution in [2.24, 2.45) is 0 Å². The predicted octanol–water partition coefficient (Wildman–Crippen LogP) is 8.96. The van der Waals surface area contributed by atoms with Crippen LogP contribution in [0.15, 0.2) is 158 Å². The quantitative estimate of drug-likeness (QED) is 0.0139. The highest BCUT2D eigenvalue weighted by Gasteiger charge is 2.33. The van der Waals surface area contributed by atoms with Crippen LogP contribution in [0.2, 0.25) is 0 Å². The van der Waals surface area contributed by atoms with E-state index in [1.807, 2.05) is 12.1 Å². The van der Waals surface area contributed by atoms with Crippen molar-refractivity contribution in [2.45, 2.75) is 103 Å². The van der Waals surface area contributed by atoms with Gasteiger partial charge < -0.3 is 60.6 Å². The highest BCUT2D eigenvalue weighted by molar-refractivity contribution is 6.09. The van der Waals surface area contributed by atoms with Crippen molar-refractivity contribution in [3.63, 3.8) is 0 Å². The standard InChI is InChI=1S/C74H76F2N8O14/c1-95-71(91)63(81-73(93)97-45-49-14-5-3-6-15-49)20-9-11-32-77-65(85)59-37-53-41-83(43-55(53)39-61(59)67(87)79-34-30-47-22-26-57(75)27-23-47)69(89)51-18-13-19-52(36-51)70(90)84-42-54-38-60(62(40-56(54)44-84)68(88)80-35-31-48-24-28-58(76)29-25-48)66(86)78-33-12-10-21-64(72(92)96-2)82-74(94)98-46-50-16-7-4-8-17-50/h3-8,13-19,22-29,36-40,63-64H,9-12,20-21,30-35,41-46H2,1-2H3,(H,77,85)(H,78,86)(H,79,87)(H,80,88)(H,81,93)(H,82,94)/t63-,64-/m0/s1. The Morgan fingerprint density at radius 1 is 0.398 bits per heavy atom. The second kappa shape index (κ2) is 34.9. The fourth-order valence-corrected chi connectivity index (χ4v) is 11.4. The minimum Gasteiger partial charge on any atom is -0.467 e. The fraction of sp³-hybridized carbons (Fsp3) is 0.297. The lowest BCUT2D eigenvalue weighted by Crippen LogP contribution is -2.41. The zero-order valence-corrected chi connectivity index (χ0v) is 54.3. The van der Waals surface area contributed by atoms with Crippen LogP contribution in [0.25, 0.3) is 0 Å². The summed E-state index contributed by atoms with van der Waals surface area (Å²) in [5, 5.41) is 16.5. The normalized spacial score (nSPS) is 12.6. The van der Waals surface area contributed by atoms with Gasteiger partial charge in [0.15, 0.2) is 0 Å². The van der Waals surface area contributed by atoms with Gasteiger partial charge in [-0.25, -0.2) is 28.0 Å². The number of rotatable bonds is 30. The summed E-state index contributed by atoms with van der Waals surface area (Å²) in [7, 11) is 2.41. The Labute approximate surface area is 565 Å². The van der Waals surface area contributed by atoms with Crippen LogP contribution in [-0.4, -0.2) is 122 Å². The molecule has 6 N–H and O–H groups in total. The van der Waals surface area contributed by atoms with E-state index in [1.165, 1.54) is 54.4 Å². The SMILES string of the molecule is COC(=O)[C@H](CCCCNC(=O)c1cc2c(cc1C(=O)NCCc1ccc(F)cc1)CN(C(=O)c1cccc(C(=O)N3Cc4cc(C(=O)NCCCC[C@H](NC(=O)OCc5ccccc5)C(=O)OC)c(C(=O)NCCc5ccc(F)cc5)cc4C3)c1)C2)NC(=O)OCc1ccccc1. The molecule has 0 aliphatic carbocycles. The molecule has 7 aromatic rings. The summed E-state index contributed by atoms with van der Waals surface area (Å²) < 4.78 is 47.7. The lowest BCUT2D eigenvalue weighted by Gasteiger charge is -2.18. The van der Waals surface area contributed by atoms with Crippen molar-refractivity contribution in [2.75, 3.05) is 40.4 Å². The Bertz CT molecular complexity index is 3770. The summed E-state index contributed by atoms with van der Waals surface area (Å²) >= 11 is 0. The lowest BCUT2D eigenvalue weighted by atomic mass is 9.98. The van der Waals surface area contributed by atoms with Crippen molar-refractivity contribution < 1.29 is 75.7 Å². The van der Waals surface area contributed by atoms with Gasteiger partial charge in [0.2, 0.25) is 0 Å². The summed E-state index contributed by atoms with van der Waals surface area (Å²) in [6, 6.07) is 40.2. The Morgan fingerprint density at radius 3 is 1.07 bits per heavy atom. The maximum Gasteiger partial charge on any atom is 0.408 e. The molecule has 2 atom stereocenters. The van der Waals surface area contributed by atoms with Crippen molar-refractivity contribution in [1.82, 2.24) is 41.7 Å². The zero-order chi connectivity index (χ0) is 69.5. The topological polar surface area (TPSA) is 286 Å². The highest BCUT2D eigenvalue weighted by Crippen LogP contribution is 2.31. The molecule has 2 aliphatic heterocycles. The second-order valence-electron chi connectivity index (χ2n) is 23.6. The summed E-state index contributed by atoms with van der Waals surface area (Å²) in [5.74, 6) is -5.31. The number of unbranched alkanes of at least 4 members (excludes halogenated alkanes) is 2. The van der Waals surface area contributed by atoms with Gasteiger partial charge in [0, 0.05) is 63.5 Å². The molecule has 24 heteroatoms. The number of carbonyl (C=O) groups is 10. The van der Waals surface area contributed by atoms with E-state index >= 15 is 0 Å². The molecule has 0 saturated carbocycles. The van der Waals surface area contributed by atoms with E-state index < -0.39 is 83.3 Å². The molecule has 2 aliphatic rings. The Morgan fingerprint density at radius 2 is 0.735 bits per heavy atom. The van der Waals surface area contributed by atoms with Crippen molar-refractivity contribution in [3.8, 4) is 0 Å². The molecule has 0 fully saturated rings. The molecule has 0 unspecified atom stereocenters. The number of halogens is 2. The monoisotopic (exact) mass is 1340 g/mol. The third kappa shape index (κ3) is 19.9. The van der Waals surface area contributed by atoms with Gasteiger partial charge in [-0.1, -0.05) is 91.0 Å². The number of alkyl carbamates (subject to hydrolysis) is 2. The van der Waals surface area contributed by atoms with Crippen LogP contribution in [0, 0.1) is 11.6 Å². The van der Waals surface area contributed by atoms with Crippen LogP contribution < -0.4 is 31.9 Å². The number of hydrogen-bond acceptors (Lipinski definition) is 14. The van der Waals surface area contributed by atoms with E-state index in [2.05, 4.69) is 31.9 Å². The maximum absolute atomic E-state index is 14.5. The van der Waals surface area contributed by atoms with E-state index in [9.17, 15) is 56.7 Å². The van der Waals surface area contributed by atoms with Crippen LogP contribution in [0.3, 0.4) is 0 Å². The van der Waals surface area contributed by atoms with Gasteiger partial charge in [-0.15, -0.1) is 0 Å². The van der Waals surface area contributed by atoms with E-state index in [4.69, 9.17) is 18.9 Å². The van der Waals surface area contributed by atoms with Gasteiger partial charge in [-0.3, -0.25) is 28.8 Å². The summed E-state index contributed by atoms with van der Waals surface area (Å²) in [6.07, 6.45) is 0.918. The highest BCUT2D eigenvalue weighted by atomic mass is 19.1. The third-order valence-corrected chi connectivity index (χ3v) is 16.7. The third-order valence-electron chi connectivity index (χ3n) is 16.7. The first-order chi connectivity index (χ1) is 47.4. The molecule has 510 valence electrons. The molecule has 7 aromatic carbocycles. The number of amides is 8. The Kier molecular flexibility index (Phi) is 25.3. The maximum atomic E-state index is 14.5. The van der Waals surface area contributed by atoms with Gasteiger partial charge in [0.1, 0.15) is 36.9 Å². The predicted molar refractivity (Wildman–Crippen MR) is 355 cm³/mol. The Balaban J connectivity index is 0.838. The van der Waals surface area contributed by atoms with E-state index in [-0.39, 0.29) is 112 Å². The van der Waals surface area contributed by atoms with E-state index in [0.717, 1.165) is 22.3 Å². The zero-order valence-electron chi connectivity index (χ0n) is 54.3. The number of fused-ring (bicyclic) bond motifs is 2. The molecule has 98 heavy (non-hydrogen) atoms. The molecule has 0 spiro atoms. The summed E-state index contributed by atoms with van der Waals surface area (Å²) in [6.45, 7) is 0.752. The largest absolute Gasteiger partial charge is 0.467 e. The van der Waals surface area contributed by atoms with Crippen LogP contribution in [0.1, 0.15) is 145 Å². The van der Waals surface area contributed by atoms with Crippen molar-refractivity contribution in [1.29, 1.82) is 0 Å². The first-order valence-electron chi connectivity index (χ1n) is 32.2. The molecule has 0 radical (unpaired) electrons. The molecule has 0 saturated heterocycles. The average Bonchev–Trinajstić information content (AvgIpc) is 1.61. The molecule has 0 aromatic heterocycles. The number of esters is 2. The molecule has 2 heterocycles. The molecule has 0 bridgehead atoms. The van der Waals surface area contributed by atoms with Crippen molar-refractivity contribution >= 4 is 59.6 Å². The Hall–Kier alpha value is -11.3. The van der Waals surface area contributed by atoms with Gasteiger partial charge in [-0.05, 0) is 163 Å². The summed E-state index contributed by atoms with van der Waals surface area (Å²) in [4.78, 5) is 139. The molecular weight excluding hydrogens is 1260 g/mol. The minimum absolute atomic E-state index is 0.00761. The number of carbonyl (C=O) groups excluding carboxylic acids is 10. The van der Waals surface area contributed by atoms with Crippen LogP contribution in [0.4, 0.5) is 18.4 Å². The fourth-order valence-electron chi connectivity index (χ4n) is 11.4.